The van der Waals surface area contributed by atoms with Gasteiger partial charge in [0, 0.05) is 10.5 Å². The Bertz CT molecular complexity index is 762. The highest BCUT2D eigenvalue weighted by atomic mass is 79.9. The Labute approximate surface area is 135 Å². The fourth-order valence-electron chi connectivity index (χ4n) is 2.16. The molecule has 1 aromatic carbocycles. The van der Waals surface area contributed by atoms with E-state index in [1.54, 1.807) is 12.1 Å². The smallest absolute Gasteiger partial charge is 0.329 e. The number of hydrogen-bond donors (Lipinski definition) is 1. The predicted molar refractivity (Wildman–Crippen MR) is 84.6 cm³/mol. The minimum atomic E-state index is -0.428. The van der Waals surface area contributed by atoms with Crippen molar-refractivity contribution in [2.75, 3.05) is 0 Å². The quantitative estimate of drug-likeness (QED) is 0.673. The Hall–Kier alpha value is -2.34. The summed E-state index contributed by atoms with van der Waals surface area (Å²) in [6, 6.07) is 10.6. The first-order valence-electron chi connectivity index (χ1n) is 6.68. The zero-order valence-electron chi connectivity index (χ0n) is 11.8. The summed E-state index contributed by atoms with van der Waals surface area (Å²) >= 11 is 3.35. The molecule has 6 heteroatoms. The molecule has 1 aliphatic rings. The van der Waals surface area contributed by atoms with Crippen molar-refractivity contribution in [3.05, 3.63) is 63.7 Å². The molecule has 0 unspecified atom stereocenters. The lowest BCUT2D eigenvalue weighted by Crippen LogP contribution is -2.30. The number of imide groups is 1. The van der Waals surface area contributed by atoms with Gasteiger partial charge >= 0.3 is 6.03 Å². The van der Waals surface area contributed by atoms with E-state index in [2.05, 4.69) is 21.2 Å². The molecule has 2 heterocycles. The number of benzene rings is 1. The topological polar surface area (TPSA) is 62.6 Å². The van der Waals surface area contributed by atoms with Gasteiger partial charge in [0.05, 0.1) is 6.54 Å². The zero-order valence-corrected chi connectivity index (χ0v) is 13.4. The molecule has 3 rings (SSSR count). The molecular weight excluding hydrogens is 348 g/mol. The molecule has 1 fully saturated rings. The minimum absolute atomic E-state index is 0.219. The lowest BCUT2D eigenvalue weighted by molar-refractivity contribution is -0.123. The van der Waals surface area contributed by atoms with Crippen LogP contribution >= 0.6 is 15.9 Å². The third-order valence-corrected chi connectivity index (χ3v) is 3.79. The summed E-state index contributed by atoms with van der Waals surface area (Å²) < 4.78 is 6.34. The van der Waals surface area contributed by atoms with Crippen molar-refractivity contribution in [3.63, 3.8) is 0 Å². The van der Waals surface area contributed by atoms with E-state index in [4.69, 9.17) is 4.42 Å². The molecule has 0 spiro atoms. The van der Waals surface area contributed by atoms with Gasteiger partial charge in [-0.05, 0) is 36.8 Å². The monoisotopic (exact) mass is 360 g/mol. The average Bonchev–Trinajstić information content (AvgIpc) is 3.00. The molecule has 112 valence electrons. The lowest BCUT2D eigenvalue weighted by Gasteiger charge is -2.11. The maximum atomic E-state index is 12.3. The Morgan fingerprint density at radius 3 is 2.55 bits per heavy atom. The first-order valence-corrected chi connectivity index (χ1v) is 7.47. The molecule has 0 bridgehead atoms. The van der Waals surface area contributed by atoms with E-state index in [0.29, 0.717) is 5.76 Å². The molecule has 2 aromatic rings. The summed E-state index contributed by atoms with van der Waals surface area (Å²) in [7, 11) is 0. The summed E-state index contributed by atoms with van der Waals surface area (Å²) in [5, 5.41) is 2.57. The van der Waals surface area contributed by atoms with E-state index in [0.717, 1.165) is 15.8 Å². The molecule has 0 aliphatic carbocycles. The number of hydrogen-bond acceptors (Lipinski definition) is 3. The van der Waals surface area contributed by atoms with Gasteiger partial charge in [-0.15, -0.1) is 0 Å². The van der Waals surface area contributed by atoms with E-state index in [1.807, 2.05) is 31.2 Å². The molecule has 1 N–H and O–H groups in total. The standard InChI is InChI=1S/C16H13BrN2O3/c1-10-2-7-13(22-10)8-14-15(20)19(16(21)18-14)9-11-3-5-12(17)6-4-11/h2-8H,9H2,1H3,(H,18,21)/b14-8-. The summed E-state index contributed by atoms with van der Waals surface area (Å²) in [5.41, 5.74) is 1.10. The van der Waals surface area contributed by atoms with E-state index in [-0.39, 0.29) is 18.1 Å². The molecular formula is C16H13BrN2O3. The van der Waals surface area contributed by atoms with Crippen molar-refractivity contribution in [2.24, 2.45) is 0 Å². The van der Waals surface area contributed by atoms with Crippen molar-refractivity contribution >= 4 is 33.9 Å². The first-order chi connectivity index (χ1) is 10.5. The SMILES string of the molecule is Cc1ccc(/C=C2\NC(=O)N(Cc3ccc(Br)cc3)C2=O)o1. The molecule has 0 atom stereocenters. The lowest BCUT2D eigenvalue weighted by atomic mass is 10.2. The number of urea groups is 1. The van der Waals surface area contributed by atoms with Gasteiger partial charge in [0.15, 0.2) is 0 Å². The Kier molecular flexibility index (Phi) is 3.85. The highest BCUT2D eigenvalue weighted by molar-refractivity contribution is 9.10. The highest BCUT2D eigenvalue weighted by Crippen LogP contribution is 2.19. The summed E-state index contributed by atoms with van der Waals surface area (Å²) in [5.74, 6) is 0.920. The van der Waals surface area contributed by atoms with Crippen molar-refractivity contribution in [3.8, 4) is 0 Å². The molecule has 1 saturated heterocycles. The van der Waals surface area contributed by atoms with Crippen LogP contribution in [-0.2, 0) is 11.3 Å². The van der Waals surface area contributed by atoms with Crippen LogP contribution < -0.4 is 5.32 Å². The van der Waals surface area contributed by atoms with Crippen molar-refractivity contribution in [1.29, 1.82) is 0 Å². The van der Waals surface area contributed by atoms with Gasteiger partial charge in [0.2, 0.25) is 0 Å². The van der Waals surface area contributed by atoms with Crippen LogP contribution in [0.4, 0.5) is 4.79 Å². The van der Waals surface area contributed by atoms with Crippen LogP contribution in [0.15, 0.2) is 51.0 Å². The minimum Gasteiger partial charge on any atom is -0.462 e. The van der Waals surface area contributed by atoms with Crippen LogP contribution in [-0.4, -0.2) is 16.8 Å². The number of rotatable bonds is 3. The van der Waals surface area contributed by atoms with Gasteiger partial charge < -0.3 is 9.73 Å². The van der Waals surface area contributed by atoms with E-state index >= 15 is 0 Å². The van der Waals surface area contributed by atoms with Crippen molar-refractivity contribution in [1.82, 2.24) is 10.2 Å². The number of furan rings is 1. The number of aryl methyl sites for hydroxylation is 1. The van der Waals surface area contributed by atoms with Gasteiger partial charge in [-0.25, -0.2) is 4.79 Å². The van der Waals surface area contributed by atoms with Gasteiger partial charge in [0.1, 0.15) is 17.2 Å². The molecule has 5 nitrogen and oxygen atoms in total. The third-order valence-electron chi connectivity index (χ3n) is 3.26. The maximum Gasteiger partial charge on any atom is 0.329 e. The Morgan fingerprint density at radius 1 is 1.18 bits per heavy atom. The second-order valence-corrected chi connectivity index (χ2v) is 5.87. The van der Waals surface area contributed by atoms with Crippen LogP contribution in [0.2, 0.25) is 0 Å². The maximum absolute atomic E-state index is 12.3. The van der Waals surface area contributed by atoms with Gasteiger partial charge in [0.25, 0.3) is 5.91 Å². The molecule has 0 radical (unpaired) electrons. The van der Waals surface area contributed by atoms with Crippen LogP contribution in [0.1, 0.15) is 17.1 Å². The van der Waals surface area contributed by atoms with Crippen LogP contribution in [0.25, 0.3) is 6.08 Å². The number of amides is 3. The van der Waals surface area contributed by atoms with E-state index in [9.17, 15) is 9.59 Å². The van der Waals surface area contributed by atoms with Crippen LogP contribution in [0.3, 0.4) is 0 Å². The second-order valence-electron chi connectivity index (χ2n) is 4.95. The van der Waals surface area contributed by atoms with Gasteiger partial charge in [-0.3, -0.25) is 9.69 Å². The largest absolute Gasteiger partial charge is 0.462 e. The fourth-order valence-corrected chi connectivity index (χ4v) is 2.43. The third kappa shape index (κ3) is 2.96. The van der Waals surface area contributed by atoms with E-state index in [1.165, 1.54) is 11.0 Å². The van der Waals surface area contributed by atoms with Crippen LogP contribution in [0, 0.1) is 6.92 Å². The van der Waals surface area contributed by atoms with E-state index < -0.39 is 6.03 Å². The number of carbonyl (C=O) groups excluding carboxylic acids is 2. The Balaban J connectivity index is 1.79. The molecule has 22 heavy (non-hydrogen) atoms. The van der Waals surface area contributed by atoms with Crippen LogP contribution in [0.5, 0.6) is 0 Å². The molecule has 0 saturated carbocycles. The van der Waals surface area contributed by atoms with Gasteiger partial charge in [-0.1, -0.05) is 28.1 Å². The number of nitrogens with zero attached hydrogens (tertiary/aromatic N) is 1. The zero-order chi connectivity index (χ0) is 15.7. The summed E-state index contributed by atoms with van der Waals surface area (Å²) in [6.07, 6.45) is 1.54. The summed E-state index contributed by atoms with van der Waals surface area (Å²) in [4.78, 5) is 25.5. The summed E-state index contributed by atoms with van der Waals surface area (Å²) in [6.45, 7) is 2.05. The van der Waals surface area contributed by atoms with Crippen molar-refractivity contribution in [2.45, 2.75) is 13.5 Å². The molecule has 3 amide bonds. The first kappa shape index (κ1) is 14.6. The molecule has 1 aliphatic heterocycles. The highest BCUT2D eigenvalue weighted by Gasteiger charge is 2.33. The second kappa shape index (κ2) is 5.81. The average molecular weight is 361 g/mol. The van der Waals surface area contributed by atoms with Crippen molar-refractivity contribution < 1.29 is 14.0 Å². The normalized spacial score (nSPS) is 16.5. The van der Waals surface area contributed by atoms with Gasteiger partial charge in [-0.2, -0.15) is 0 Å². The number of halogens is 1. The molecule has 1 aromatic heterocycles. The predicted octanol–water partition coefficient (Wildman–Crippen LogP) is 3.44. The Morgan fingerprint density at radius 2 is 1.91 bits per heavy atom. The fraction of sp³-hybridized carbons (Fsp3) is 0.125. The number of nitrogens with one attached hydrogen (secondary N) is 1. The number of carbonyl (C=O) groups is 2.